The Labute approximate surface area is 113 Å². The molecule has 19 heavy (non-hydrogen) atoms. The van der Waals surface area contributed by atoms with E-state index >= 15 is 0 Å². The van der Waals surface area contributed by atoms with Gasteiger partial charge in [-0.25, -0.2) is 4.98 Å². The Balaban J connectivity index is 2.14. The predicted molar refractivity (Wildman–Crippen MR) is 72.7 cm³/mol. The van der Waals surface area contributed by atoms with Crippen molar-refractivity contribution in [1.29, 1.82) is 0 Å². The third-order valence-corrected chi connectivity index (χ3v) is 3.21. The smallest absolute Gasteiger partial charge is 0.246 e. The highest BCUT2D eigenvalue weighted by Crippen LogP contribution is 2.11. The molecule has 2 heterocycles. The maximum atomic E-state index is 11.8. The quantitative estimate of drug-likeness (QED) is 0.914. The number of anilines is 1. The number of nitrogens with one attached hydrogen (secondary N) is 1. The number of aryl methyl sites for hydroxylation is 1. The van der Waals surface area contributed by atoms with E-state index in [0.29, 0.717) is 10.8 Å². The zero-order valence-corrected chi connectivity index (χ0v) is 11.4. The highest BCUT2D eigenvalue weighted by molar-refractivity contribution is 7.13. The zero-order valence-electron chi connectivity index (χ0n) is 10.5. The van der Waals surface area contributed by atoms with Crippen molar-refractivity contribution >= 4 is 22.4 Å². The van der Waals surface area contributed by atoms with Gasteiger partial charge in [-0.1, -0.05) is 0 Å². The number of nitrogens with zero attached hydrogens (tertiary/aromatic N) is 2. The topological polar surface area (TPSA) is 73.2 Å². The summed E-state index contributed by atoms with van der Waals surface area (Å²) in [7, 11) is 1.42. The summed E-state index contributed by atoms with van der Waals surface area (Å²) in [6, 6.07) is 1.44. The first-order valence-electron chi connectivity index (χ1n) is 5.54. The molecule has 7 heteroatoms. The Morgan fingerprint density at radius 3 is 3.00 bits per heavy atom. The van der Waals surface area contributed by atoms with Crippen LogP contribution in [-0.2, 0) is 11.3 Å². The molecular weight excluding hydrogens is 266 g/mol. The van der Waals surface area contributed by atoms with Crippen molar-refractivity contribution in [3.8, 4) is 5.75 Å². The second-order valence-corrected chi connectivity index (χ2v) is 4.76. The number of methoxy groups -OCH3 is 1. The van der Waals surface area contributed by atoms with Gasteiger partial charge in [0.05, 0.1) is 13.3 Å². The zero-order chi connectivity index (χ0) is 13.8. The first-order chi connectivity index (χ1) is 9.10. The maximum Gasteiger partial charge on any atom is 0.246 e. The van der Waals surface area contributed by atoms with Crippen LogP contribution in [0.25, 0.3) is 0 Å². The monoisotopic (exact) mass is 279 g/mol. The van der Waals surface area contributed by atoms with Gasteiger partial charge in [-0.3, -0.25) is 9.59 Å². The summed E-state index contributed by atoms with van der Waals surface area (Å²) in [6.45, 7) is 1.86. The number of thiazole rings is 1. The fourth-order valence-electron chi connectivity index (χ4n) is 1.57. The molecule has 0 aliphatic carbocycles. The molecule has 0 radical (unpaired) electrons. The first kappa shape index (κ1) is 13.3. The number of amides is 1. The molecule has 0 aliphatic heterocycles. The molecule has 2 aromatic rings. The number of rotatable bonds is 4. The van der Waals surface area contributed by atoms with Crippen molar-refractivity contribution in [2.45, 2.75) is 13.5 Å². The van der Waals surface area contributed by atoms with Crippen LogP contribution in [0.2, 0.25) is 0 Å². The summed E-state index contributed by atoms with van der Waals surface area (Å²) in [4.78, 5) is 27.3. The molecular formula is C12H13N3O3S. The normalized spacial score (nSPS) is 10.2. The fourth-order valence-corrected chi connectivity index (χ4v) is 2.12. The van der Waals surface area contributed by atoms with Crippen LogP contribution in [0, 0.1) is 6.92 Å². The van der Waals surface area contributed by atoms with Crippen LogP contribution >= 0.6 is 11.3 Å². The Hall–Kier alpha value is -2.15. The van der Waals surface area contributed by atoms with E-state index in [1.807, 2.05) is 0 Å². The van der Waals surface area contributed by atoms with E-state index in [1.54, 1.807) is 23.1 Å². The average molecular weight is 279 g/mol. The molecule has 0 aliphatic rings. The molecule has 0 saturated carbocycles. The molecule has 1 amide bonds. The third kappa shape index (κ3) is 3.19. The molecule has 0 saturated heterocycles. The summed E-state index contributed by atoms with van der Waals surface area (Å²) in [5.74, 6) is 0.0106. The minimum Gasteiger partial charge on any atom is -0.491 e. The van der Waals surface area contributed by atoms with Gasteiger partial charge >= 0.3 is 0 Å². The minimum absolute atomic E-state index is 0.0993. The van der Waals surface area contributed by atoms with E-state index in [4.69, 9.17) is 4.74 Å². The van der Waals surface area contributed by atoms with Gasteiger partial charge in [0.1, 0.15) is 6.54 Å². The molecule has 2 aromatic heterocycles. The lowest BCUT2D eigenvalue weighted by Gasteiger charge is -2.11. The highest BCUT2D eigenvalue weighted by Gasteiger charge is 2.09. The molecule has 0 aromatic carbocycles. The summed E-state index contributed by atoms with van der Waals surface area (Å²) in [5, 5.41) is 5.01. The second kappa shape index (κ2) is 5.66. The summed E-state index contributed by atoms with van der Waals surface area (Å²) in [5.41, 5.74) is 0.497. The predicted octanol–water partition coefficient (Wildman–Crippen LogP) is 1.26. The van der Waals surface area contributed by atoms with Crippen LogP contribution in [0.4, 0.5) is 5.13 Å². The lowest BCUT2D eigenvalue weighted by atomic mass is 10.3. The van der Waals surface area contributed by atoms with Gasteiger partial charge in [-0.05, 0) is 6.92 Å². The van der Waals surface area contributed by atoms with E-state index in [2.05, 4.69) is 10.3 Å². The van der Waals surface area contributed by atoms with Crippen LogP contribution in [0.5, 0.6) is 5.75 Å². The molecule has 0 atom stereocenters. The average Bonchev–Trinajstić information content (AvgIpc) is 2.85. The SMILES string of the molecule is COc1cn(CC(=O)Nc2nccs2)c(C)cc1=O. The molecule has 6 nitrogen and oxygen atoms in total. The molecule has 2 rings (SSSR count). The number of pyridine rings is 1. The minimum atomic E-state index is -0.205. The van der Waals surface area contributed by atoms with E-state index in [-0.39, 0.29) is 23.6 Å². The lowest BCUT2D eigenvalue weighted by molar-refractivity contribution is -0.116. The fraction of sp³-hybridized carbons (Fsp3) is 0.250. The summed E-state index contributed by atoms with van der Waals surface area (Å²) in [6.07, 6.45) is 3.15. The number of hydrogen-bond acceptors (Lipinski definition) is 5. The van der Waals surface area contributed by atoms with Gasteiger partial charge in [0.25, 0.3) is 0 Å². The van der Waals surface area contributed by atoms with Gasteiger partial charge in [0, 0.05) is 23.3 Å². The molecule has 0 unspecified atom stereocenters. The van der Waals surface area contributed by atoms with Crippen LogP contribution in [0.1, 0.15) is 5.69 Å². The Bertz CT molecular complexity index is 634. The Morgan fingerprint density at radius 2 is 2.37 bits per heavy atom. The molecule has 1 N–H and O–H groups in total. The van der Waals surface area contributed by atoms with Crippen molar-refractivity contribution in [2.24, 2.45) is 0 Å². The number of hydrogen-bond donors (Lipinski definition) is 1. The van der Waals surface area contributed by atoms with Crippen molar-refractivity contribution < 1.29 is 9.53 Å². The standard InChI is InChI=1S/C12H13N3O3S/c1-8-5-9(16)10(18-2)6-15(8)7-11(17)14-12-13-3-4-19-12/h3-6H,7H2,1-2H3,(H,13,14,17). The van der Waals surface area contributed by atoms with E-state index in [0.717, 1.165) is 0 Å². The van der Waals surface area contributed by atoms with Gasteiger partial charge in [0.2, 0.25) is 11.3 Å². The van der Waals surface area contributed by atoms with Crippen molar-refractivity contribution in [1.82, 2.24) is 9.55 Å². The highest BCUT2D eigenvalue weighted by atomic mass is 32.1. The summed E-state index contributed by atoms with van der Waals surface area (Å²) < 4.78 is 6.61. The van der Waals surface area contributed by atoms with Crippen LogP contribution in [-0.4, -0.2) is 22.6 Å². The van der Waals surface area contributed by atoms with Gasteiger partial charge in [-0.15, -0.1) is 11.3 Å². The van der Waals surface area contributed by atoms with E-state index in [9.17, 15) is 9.59 Å². The first-order valence-corrected chi connectivity index (χ1v) is 6.42. The van der Waals surface area contributed by atoms with Crippen molar-refractivity contribution in [3.05, 3.63) is 39.8 Å². The third-order valence-electron chi connectivity index (χ3n) is 2.52. The Kier molecular flexibility index (Phi) is 3.96. The largest absolute Gasteiger partial charge is 0.491 e. The van der Waals surface area contributed by atoms with Crippen molar-refractivity contribution in [3.63, 3.8) is 0 Å². The van der Waals surface area contributed by atoms with Gasteiger partial charge in [0.15, 0.2) is 10.9 Å². The lowest BCUT2D eigenvalue weighted by Crippen LogP contribution is -2.21. The number of ether oxygens (including phenoxy) is 1. The Morgan fingerprint density at radius 1 is 1.58 bits per heavy atom. The number of carbonyl (C=O) groups excluding carboxylic acids is 1. The van der Waals surface area contributed by atoms with E-state index in [1.165, 1.54) is 30.7 Å². The molecule has 0 bridgehead atoms. The van der Waals surface area contributed by atoms with Crippen LogP contribution < -0.4 is 15.5 Å². The number of aromatic nitrogens is 2. The van der Waals surface area contributed by atoms with E-state index < -0.39 is 0 Å². The number of carbonyl (C=O) groups is 1. The molecule has 0 fully saturated rings. The van der Waals surface area contributed by atoms with Gasteiger partial charge in [-0.2, -0.15) is 0 Å². The van der Waals surface area contributed by atoms with Crippen LogP contribution in [0.3, 0.4) is 0 Å². The van der Waals surface area contributed by atoms with Gasteiger partial charge < -0.3 is 14.6 Å². The summed E-state index contributed by atoms with van der Waals surface area (Å²) >= 11 is 1.35. The second-order valence-electron chi connectivity index (χ2n) is 3.86. The van der Waals surface area contributed by atoms with Crippen molar-refractivity contribution in [2.75, 3.05) is 12.4 Å². The van der Waals surface area contributed by atoms with Crippen LogP contribution in [0.15, 0.2) is 28.6 Å². The molecule has 0 spiro atoms. The molecule has 100 valence electrons. The maximum absolute atomic E-state index is 11.8.